The molecule has 2 fully saturated rings. The summed E-state index contributed by atoms with van der Waals surface area (Å²) in [5, 5.41) is 8.43. The van der Waals surface area contributed by atoms with Crippen LogP contribution in [0, 0.1) is 0 Å². The average molecular weight is 354 g/mol. The quantitative estimate of drug-likeness (QED) is 0.802. The Labute approximate surface area is 152 Å². The lowest BCUT2D eigenvalue weighted by atomic mass is 10.2. The third-order valence-electron chi connectivity index (χ3n) is 4.78. The first-order chi connectivity index (χ1) is 12.8. The molecule has 1 amide bonds. The van der Waals surface area contributed by atoms with Gasteiger partial charge in [-0.25, -0.2) is 0 Å². The van der Waals surface area contributed by atoms with Crippen LogP contribution in [0.2, 0.25) is 0 Å². The number of carbonyl (C=O) groups excluding carboxylic acids is 1. The molecule has 0 bridgehead atoms. The number of piperazine rings is 1. The van der Waals surface area contributed by atoms with E-state index in [4.69, 9.17) is 4.74 Å². The SMILES string of the molecule is O=C(c1ccccn1)N1CCN(c2cnnc(N3CCOCC3)c2)CC1. The summed E-state index contributed by atoms with van der Waals surface area (Å²) in [5.74, 6) is 0.880. The van der Waals surface area contributed by atoms with Gasteiger partial charge >= 0.3 is 0 Å². The van der Waals surface area contributed by atoms with Crippen LogP contribution in [0.25, 0.3) is 0 Å². The van der Waals surface area contributed by atoms with Gasteiger partial charge in [0.15, 0.2) is 5.82 Å². The summed E-state index contributed by atoms with van der Waals surface area (Å²) in [6, 6.07) is 7.49. The third kappa shape index (κ3) is 3.60. The van der Waals surface area contributed by atoms with Crippen LogP contribution in [0.15, 0.2) is 36.7 Å². The standard InChI is InChI=1S/C18H22N6O2/c25-18(16-3-1-2-4-19-16)24-7-5-22(6-8-24)15-13-17(21-20-14-15)23-9-11-26-12-10-23/h1-4,13-14H,5-12H2. The van der Waals surface area contributed by atoms with Crippen LogP contribution >= 0.6 is 0 Å². The second kappa shape index (κ2) is 7.65. The molecule has 2 saturated heterocycles. The van der Waals surface area contributed by atoms with E-state index in [9.17, 15) is 4.79 Å². The Kier molecular flexibility index (Phi) is 4.92. The molecule has 8 heteroatoms. The monoisotopic (exact) mass is 354 g/mol. The van der Waals surface area contributed by atoms with E-state index in [2.05, 4.69) is 31.0 Å². The van der Waals surface area contributed by atoms with Crippen molar-refractivity contribution in [2.45, 2.75) is 0 Å². The molecular formula is C18H22N6O2. The number of hydrogen-bond donors (Lipinski definition) is 0. The number of amides is 1. The fraction of sp³-hybridized carbons (Fsp3) is 0.444. The normalized spacial score (nSPS) is 18.1. The highest BCUT2D eigenvalue weighted by Crippen LogP contribution is 2.21. The molecule has 2 aliphatic heterocycles. The molecular weight excluding hydrogens is 332 g/mol. The highest BCUT2D eigenvalue weighted by atomic mass is 16.5. The minimum absolute atomic E-state index is 0.00731. The van der Waals surface area contributed by atoms with Crippen LogP contribution < -0.4 is 9.80 Å². The minimum Gasteiger partial charge on any atom is -0.378 e. The van der Waals surface area contributed by atoms with Crippen molar-refractivity contribution >= 4 is 17.4 Å². The van der Waals surface area contributed by atoms with Gasteiger partial charge in [0.2, 0.25) is 0 Å². The van der Waals surface area contributed by atoms with E-state index in [1.54, 1.807) is 18.5 Å². The van der Waals surface area contributed by atoms with E-state index in [1.807, 2.05) is 17.0 Å². The van der Waals surface area contributed by atoms with Crippen LogP contribution in [0.5, 0.6) is 0 Å². The van der Waals surface area contributed by atoms with Crippen LogP contribution in [0.3, 0.4) is 0 Å². The summed E-state index contributed by atoms with van der Waals surface area (Å²) in [7, 11) is 0. The van der Waals surface area contributed by atoms with Crippen molar-refractivity contribution in [2.24, 2.45) is 0 Å². The second-order valence-electron chi connectivity index (χ2n) is 6.37. The number of ether oxygens (including phenoxy) is 1. The smallest absolute Gasteiger partial charge is 0.272 e. The summed E-state index contributed by atoms with van der Waals surface area (Å²) in [5.41, 5.74) is 1.55. The predicted octanol–water partition coefficient (Wildman–Crippen LogP) is 0.671. The van der Waals surface area contributed by atoms with Crippen molar-refractivity contribution in [2.75, 3.05) is 62.3 Å². The van der Waals surface area contributed by atoms with Gasteiger partial charge in [0.05, 0.1) is 25.1 Å². The molecule has 0 aromatic carbocycles. The van der Waals surface area contributed by atoms with Crippen LogP contribution in [0.1, 0.15) is 10.5 Å². The maximum atomic E-state index is 12.5. The van der Waals surface area contributed by atoms with Crippen molar-refractivity contribution in [3.8, 4) is 0 Å². The molecule has 26 heavy (non-hydrogen) atoms. The number of hydrogen-bond acceptors (Lipinski definition) is 7. The Morgan fingerprint density at radius 2 is 1.81 bits per heavy atom. The first kappa shape index (κ1) is 16.7. The molecule has 2 aromatic rings. The fourth-order valence-electron chi connectivity index (χ4n) is 3.28. The number of pyridine rings is 1. The molecule has 136 valence electrons. The van der Waals surface area contributed by atoms with E-state index in [0.29, 0.717) is 18.8 Å². The molecule has 8 nitrogen and oxygen atoms in total. The molecule has 0 spiro atoms. The van der Waals surface area contributed by atoms with Gasteiger partial charge in [-0.1, -0.05) is 6.07 Å². The number of nitrogens with zero attached hydrogens (tertiary/aromatic N) is 6. The van der Waals surface area contributed by atoms with Gasteiger partial charge in [-0.15, -0.1) is 5.10 Å². The van der Waals surface area contributed by atoms with E-state index >= 15 is 0 Å². The zero-order valence-electron chi connectivity index (χ0n) is 14.6. The molecule has 2 aliphatic rings. The number of rotatable bonds is 3. The molecule has 0 aliphatic carbocycles. The van der Waals surface area contributed by atoms with E-state index in [1.165, 1.54) is 0 Å². The summed E-state index contributed by atoms with van der Waals surface area (Å²) in [4.78, 5) is 23.0. The van der Waals surface area contributed by atoms with Crippen LogP contribution in [-0.2, 0) is 4.74 Å². The fourth-order valence-corrected chi connectivity index (χ4v) is 3.28. The van der Waals surface area contributed by atoms with E-state index in [-0.39, 0.29) is 5.91 Å². The summed E-state index contributed by atoms with van der Waals surface area (Å²) >= 11 is 0. The first-order valence-corrected chi connectivity index (χ1v) is 8.92. The Morgan fingerprint density at radius 3 is 2.54 bits per heavy atom. The summed E-state index contributed by atoms with van der Waals surface area (Å²) in [6.07, 6.45) is 3.44. The van der Waals surface area contributed by atoms with Crippen molar-refractivity contribution < 1.29 is 9.53 Å². The Balaban J connectivity index is 1.39. The topological polar surface area (TPSA) is 74.7 Å². The largest absolute Gasteiger partial charge is 0.378 e. The van der Waals surface area contributed by atoms with Gasteiger partial charge in [0.1, 0.15) is 5.69 Å². The molecule has 0 unspecified atom stereocenters. The Bertz CT molecular complexity index is 742. The second-order valence-corrected chi connectivity index (χ2v) is 6.37. The Morgan fingerprint density at radius 1 is 1.00 bits per heavy atom. The number of anilines is 2. The van der Waals surface area contributed by atoms with Gasteiger partial charge in [-0.05, 0) is 12.1 Å². The lowest BCUT2D eigenvalue weighted by molar-refractivity contribution is 0.0741. The number of carbonyl (C=O) groups is 1. The van der Waals surface area contributed by atoms with Crippen LogP contribution in [-0.4, -0.2) is 78.5 Å². The lowest BCUT2D eigenvalue weighted by Gasteiger charge is -2.36. The molecule has 0 saturated carbocycles. The van der Waals surface area contributed by atoms with Gasteiger partial charge < -0.3 is 19.4 Å². The number of aromatic nitrogens is 3. The molecule has 0 atom stereocenters. The summed E-state index contributed by atoms with van der Waals surface area (Å²) in [6.45, 7) is 6.00. The van der Waals surface area contributed by atoms with Crippen LogP contribution in [0.4, 0.5) is 11.5 Å². The van der Waals surface area contributed by atoms with Crippen molar-refractivity contribution in [1.82, 2.24) is 20.1 Å². The first-order valence-electron chi connectivity index (χ1n) is 8.92. The molecule has 0 radical (unpaired) electrons. The molecule has 0 N–H and O–H groups in total. The van der Waals surface area contributed by atoms with E-state index < -0.39 is 0 Å². The van der Waals surface area contributed by atoms with Gasteiger partial charge in [0.25, 0.3) is 5.91 Å². The molecule has 2 aromatic heterocycles. The molecule has 4 heterocycles. The third-order valence-corrected chi connectivity index (χ3v) is 4.78. The highest BCUT2D eigenvalue weighted by molar-refractivity contribution is 5.92. The highest BCUT2D eigenvalue weighted by Gasteiger charge is 2.24. The Hall–Kier alpha value is -2.74. The van der Waals surface area contributed by atoms with E-state index in [0.717, 1.165) is 50.9 Å². The minimum atomic E-state index is -0.00731. The number of morpholine rings is 1. The molecule has 4 rings (SSSR count). The zero-order valence-corrected chi connectivity index (χ0v) is 14.6. The van der Waals surface area contributed by atoms with Gasteiger partial charge in [0, 0.05) is 51.5 Å². The van der Waals surface area contributed by atoms with Crippen molar-refractivity contribution in [3.05, 3.63) is 42.4 Å². The lowest BCUT2D eigenvalue weighted by Crippen LogP contribution is -2.49. The van der Waals surface area contributed by atoms with Crippen molar-refractivity contribution in [1.29, 1.82) is 0 Å². The zero-order chi connectivity index (χ0) is 17.8. The summed E-state index contributed by atoms with van der Waals surface area (Å²) < 4.78 is 5.40. The average Bonchev–Trinajstić information content (AvgIpc) is 2.75. The predicted molar refractivity (Wildman–Crippen MR) is 97.4 cm³/mol. The maximum Gasteiger partial charge on any atom is 0.272 e. The maximum absolute atomic E-state index is 12.5. The van der Waals surface area contributed by atoms with Gasteiger partial charge in [-0.2, -0.15) is 5.10 Å². The van der Waals surface area contributed by atoms with Gasteiger partial charge in [-0.3, -0.25) is 9.78 Å². The van der Waals surface area contributed by atoms with Crippen molar-refractivity contribution in [3.63, 3.8) is 0 Å².